The molecule has 1 unspecified atom stereocenters. The normalized spacial score (nSPS) is 12.6. The van der Waals surface area contributed by atoms with Crippen LogP contribution in [0.3, 0.4) is 0 Å². The molecule has 1 N–H and O–H groups in total. The van der Waals surface area contributed by atoms with Gasteiger partial charge in [0.15, 0.2) is 5.82 Å². The summed E-state index contributed by atoms with van der Waals surface area (Å²) in [4.78, 5) is 4.31. The molecular formula is C15H19ClFN3O. The van der Waals surface area contributed by atoms with E-state index in [0.717, 1.165) is 12.8 Å². The largest absolute Gasteiger partial charge is 0.339 e. The molecule has 0 saturated heterocycles. The van der Waals surface area contributed by atoms with Crippen LogP contribution >= 0.6 is 11.6 Å². The van der Waals surface area contributed by atoms with Crippen molar-refractivity contribution in [3.05, 3.63) is 46.3 Å². The fourth-order valence-corrected chi connectivity index (χ4v) is 2.44. The van der Waals surface area contributed by atoms with Gasteiger partial charge in [0.05, 0.1) is 0 Å². The molecule has 0 radical (unpaired) electrons. The van der Waals surface area contributed by atoms with Gasteiger partial charge in [-0.3, -0.25) is 0 Å². The van der Waals surface area contributed by atoms with Crippen molar-refractivity contribution >= 4 is 11.6 Å². The van der Waals surface area contributed by atoms with E-state index in [-0.39, 0.29) is 12.2 Å². The molecule has 1 heterocycles. The number of rotatable bonds is 7. The molecule has 6 heteroatoms. The zero-order chi connectivity index (χ0) is 15.2. The number of benzene rings is 1. The predicted octanol–water partition coefficient (Wildman–Crippen LogP) is 3.38. The van der Waals surface area contributed by atoms with E-state index in [1.807, 2.05) is 7.05 Å². The molecule has 0 aliphatic heterocycles. The molecule has 0 fully saturated rings. The van der Waals surface area contributed by atoms with Crippen LogP contribution in [0.4, 0.5) is 4.39 Å². The van der Waals surface area contributed by atoms with Gasteiger partial charge in [0.25, 0.3) is 0 Å². The molecule has 21 heavy (non-hydrogen) atoms. The van der Waals surface area contributed by atoms with Crippen LogP contribution in [0.1, 0.15) is 37.0 Å². The Hall–Kier alpha value is -1.46. The molecule has 0 amide bonds. The van der Waals surface area contributed by atoms with Gasteiger partial charge < -0.3 is 9.84 Å². The smallest absolute Gasteiger partial charge is 0.228 e. The van der Waals surface area contributed by atoms with Gasteiger partial charge in [-0.15, -0.1) is 0 Å². The van der Waals surface area contributed by atoms with Crippen LogP contribution in [0.25, 0.3) is 0 Å². The third kappa shape index (κ3) is 4.25. The van der Waals surface area contributed by atoms with Crippen molar-refractivity contribution in [3.63, 3.8) is 0 Å². The quantitative estimate of drug-likeness (QED) is 0.851. The first-order valence-corrected chi connectivity index (χ1v) is 7.43. The number of nitrogens with one attached hydrogen (secondary N) is 1. The maximum absolute atomic E-state index is 13.7. The highest BCUT2D eigenvalue weighted by Gasteiger charge is 2.15. The SMILES string of the molecule is CCCC(Cc1nc(Cc2c(F)cccc2Cl)no1)NC. The summed E-state index contributed by atoms with van der Waals surface area (Å²) in [6.45, 7) is 2.13. The fraction of sp³-hybridized carbons (Fsp3) is 0.467. The van der Waals surface area contributed by atoms with Crippen molar-refractivity contribution in [2.45, 2.75) is 38.6 Å². The first kappa shape index (κ1) is 15.9. The summed E-state index contributed by atoms with van der Waals surface area (Å²) in [6.07, 6.45) is 3.01. The summed E-state index contributed by atoms with van der Waals surface area (Å²) < 4.78 is 19.0. The second-order valence-electron chi connectivity index (χ2n) is 4.96. The Morgan fingerprint density at radius 3 is 2.90 bits per heavy atom. The van der Waals surface area contributed by atoms with Gasteiger partial charge >= 0.3 is 0 Å². The van der Waals surface area contributed by atoms with E-state index in [0.29, 0.717) is 34.8 Å². The molecule has 2 aromatic rings. The molecule has 0 saturated carbocycles. The Morgan fingerprint density at radius 2 is 2.24 bits per heavy atom. The van der Waals surface area contributed by atoms with E-state index in [9.17, 15) is 4.39 Å². The number of nitrogens with zero attached hydrogens (tertiary/aromatic N) is 2. The van der Waals surface area contributed by atoms with Crippen LogP contribution in [0, 0.1) is 5.82 Å². The van der Waals surface area contributed by atoms with Crippen molar-refractivity contribution in [3.8, 4) is 0 Å². The lowest BCUT2D eigenvalue weighted by Crippen LogP contribution is -2.27. The minimum absolute atomic E-state index is 0.229. The Balaban J connectivity index is 2.06. The Labute approximate surface area is 128 Å². The summed E-state index contributed by atoms with van der Waals surface area (Å²) in [5.41, 5.74) is 0.394. The van der Waals surface area contributed by atoms with Crippen LogP contribution in [0.2, 0.25) is 5.02 Å². The first-order valence-electron chi connectivity index (χ1n) is 7.05. The molecule has 114 valence electrons. The van der Waals surface area contributed by atoms with Gasteiger partial charge in [0.1, 0.15) is 5.82 Å². The molecule has 0 spiro atoms. The third-order valence-corrected chi connectivity index (χ3v) is 3.73. The summed E-state index contributed by atoms with van der Waals surface area (Å²) >= 11 is 6.00. The molecule has 4 nitrogen and oxygen atoms in total. The predicted molar refractivity (Wildman–Crippen MR) is 80.0 cm³/mol. The zero-order valence-electron chi connectivity index (χ0n) is 12.2. The molecule has 1 aromatic carbocycles. The van der Waals surface area contributed by atoms with Crippen LogP contribution in [-0.2, 0) is 12.8 Å². The Bertz CT molecular complexity index is 568. The maximum atomic E-state index is 13.7. The molecule has 2 rings (SSSR count). The number of likely N-dealkylation sites (N-methyl/N-ethyl adjacent to an activating group) is 1. The van der Waals surface area contributed by atoms with Crippen molar-refractivity contribution in [2.75, 3.05) is 7.05 Å². The highest BCUT2D eigenvalue weighted by Crippen LogP contribution is 2.21. The maximum Gasteiger partial charge on any atom is 0.228 e. The Morgan fingerprint density at radius 1 is 1.43 bits per heavy atom. The summed E-state index contributed by atoms with van der Waals surface area (Å²) in [5.74, 6) is 0.654. The molecular weight excluding hydrogens is 293 g/mol. The van der Waals surface area contributed by atoms with Crippen LogP contribution in [0.15, 0.2) is 22.7 Å². The van der Waals surface area contributed by atoms with Crippen molar-refractivity contribution < 1.29 is 8.91 Å². The minimum atomic E-state index is -0.354. The minimum Gasteiger partial charge on any atom is -0.339 e. The van der Waals surface area contributed by atoms with E-state index < -0.39 is 0 Å². The van der Waals surface area contributed by atoms with Gasteiger partial charge in [0, 0.05) is 29.5 Å². The van der Waals surface area contributed by atoms with Gasteiger partial charge in [0.2, 0.25) is 5.89 Å². The van der Waals surface area contributed by atoms with Crippen molar-refractivity contribution in [2.24, 2.45) is 0 Å². The number of hydrogen-bond acceptors (Lipinski definition) is 4. The second-order valence-corrected chi connectivity index (χ2v) is 5.37. The first-order chi connectivity index (χ1) is 10.1. The standard InChI is InChI=1S/C15H19ClFN3O/c1-3-5-10(18-2)8-15-19-14(20-21-15)9-11-12(16)6-4-7-13(11)17/h4,6-7,10,18H,3,5,8-9H2,1-2H3. The molecule has 1 aromatic heterocycles. The third-order valence-electron chi connectivity index (χ3n) is 3.37. The summed E-state index contributed by atoms with van der Waals surface area (Å²) in [6, 6.07) is 4.91. The van der Waals surface area contributed by atoms with Crippen LogP contribution < -0.4 is 5.32 Å². The molecule has 0 bridgehead atoms. The van der Waals surface area contributed by atoms with Gasteiger partial charge in [-0.1, -0.05) is 36.2 Å². The lowest BCUT2D eigenvalue weighted by atomic mass is 10.1. The number of hydrogen-bond donors (Lipinski definition) is 1. The van der Waals surface area contributed by atoms with Crippen molar-refractivity contribution in [1.29, 1.82) is 0 Å². The van der Waals surface area contributed by atoms with Crippen LogP contribution in [-0.4, -0.2) is 23.2 Å². The molecule has 0 aliphatic carbocycles. The lowest BCUT2D eigenvalue weighted by Gasteiger charge is -2.11. The fourth-order valence-electron chi connectivity index (χ4n) is 2.21. The van der Waals surface area contributed by atoms with Gasteiger partial charge in [-0.05, 0) is 25.6 Å². The number of halogens is 2. The average molecular weight is 312 g/mol. The topological polar surface area (TPSA) is 51.0 Å². The van der Waals surface area contributed by atoms with E-state index in [2.05, 4.69) is 22.4 Å². The zero-order valence-corrected chi connectivity index (χ0v) is 13.0. The van der Waals surface area contributed by atoms with E-state index >= 15 is 0 Å². The monoisotopic (exact) mass is 311 g/mol. The second kappa shape index (κ2) is 7.52. The van der Waals surface area contributed by atoms with Gasteiger partial charge in [-0.2, -0.15) is 4.98 Å². The van der Waals surface area contributed by atoms with E-state index in [1.165, 1.54) is 6.07 Å². The molecule has 1 atom stereocenters. The Kier molecular flexibility index (Phi) is 5.70. The number of aromatic nitrogens is 2. The van der Waals surface area contributed by atoms with Crippen molar-refractivity contribution in [1.82, 2.24) is 15.5 Å². The molecule has 0 aliphatic rings. The van der Waals surface area contributed by atoms with Crippen LogP contribution in [0.5, 0.6) is 0 Å². The van der Waals surface area contributed by atoms with Gasteiger partial charge in [-0.25, -0.2) is 4.39 Å². The summed E-state index contributed by atoms with van der Waals surface area (Å²) in [5, 5.41) is 7.50. The van der Waals surface area contributed by atoms with E-state index in [1.54, 1.807) is 12.1 Å². The summed E-state index contributed by atoms with van der Waals surface area (Å²) in [7, 11) is 1.91. The average Bonchev–Trinajstić information content (AvgIpc) is 2.90. The lowest BCUT2D eigenvalue weighted by molar-refractivity contribution is 0.352. The highest BCUT2D eigenvalue weighted by atomic mass is 35.5. The van der Waals surface area contributed by atoms with E-state index in [4.69, 9.17) is 16.1 Å². The highest BCUT2D eigenvalue weighted by molar-refractivity contribution is 6.31.